The molecule has 0 unspecified atom stereocenters. The van der Waals surface area contributed by atoms with Crippen LogP contribution in [-0.4, -0.2) is 11.3 Å². The molecule has 0 saturated carbocycles. The fourth-order valence-corrected chi connectivity index (χ4v) is 3.97. The Morgan fingerprint density at radius 1 is 1.00 bits per heavy atom. The number of hydrogen-bond donors (Lipinski definition) is 1. The maximum absolute atomic E-state index is 10.6. The SMILES string of the molecule is Nc1ncc(C=CC=O)c2scc(-c3ccc(Oc4ccccc4)cc3)c12. The third kappa shape index (κ3) is 3.45. The third-order valence-corrected chi connectivity index (χ3v) is 5.18. The van der Waals surface area contributed by atoms with E-state index < -0.39 is 0 Å². The number of anilines is 1. The van der Waals surface area contributed by atoms with E-state index in [4.69, 9.17) is 10.5 Å². The van der Waals surface area contributed by atoms with Crippen LogP contribution >= 0.6 is 11.3 Å². The molecule has 4 rings (SSSR count). The lowest BCUT2D eigenvalue weighted by Gasteiger charge is -2.07. The Balaban J connectivity index is 1.70. The summed E-state index contributed by atoms with van der Waals surface area (Å²) < 4.78 is 6.86. The number of fused-ring (bicyclic) bond motifs is 1. The molecular formula is C22H16N2O2S. The van der Waals surface area contributed by atoms with Crippen LogP contribution in [0.5, 0.6) is 11.5 Å². The van der Waals surface area contributed by atoms with Gasteiger partial charge in [-0.2, -0.15) is 0 Å². The highest BCUT2D eigenvalue weighted by atomic mass is 32.1. The number of carbonyl (C=O) groups excluding carboxylic acids is 1. The van der Waals surface area contributed by atoms with E-state index in [1.54, 1.807) is 23.6 Å². The molecule has 0 atom stereocenters. The van der Waals surface area contributed by atoms with Crippen molar-refractivity contribution in [2.24, 2.45) is 0 Å². The lowest BCUT2D eigenvalue weighted by Crippen LogP contribution is -1.92. The van der Waals surface area contributed by atoms with Gasteiger partial charge in [-0.1, -0.05) is 30.3 Å². The van der Waals surface area contributed by atoms with E-state index in [-0.39, 0.29) is 0 Å². The van der Waals surface area contributed by atoms with Crippen LogP contribution in [0.4, 0.5) is 5.82 Å². The summed E-state index contributed by atoms with van der Waals surface area (Å²) in [5, 5.41) is 2.97. The normalized spacial score (nSPS) is 11.1. The van der Waals surface area contributed by atoms with Crippen LogP contribution in [0.3, 0.4) is 0 Å². The number of para-hydroxylation sites is 1. The van der Waals surface area contributed by atoms with Crippen molar-refractivity contribution in [3.8, 4) is 22.6 Å². The van der Waals surface area contributed by atoms with Crippen LogP contribution in [0.15, 0.2) is 72.3 Å². The van der Waals surface area contributed by atoms with Crippen molar-refractivity contribution in [2.75, 3.05) is 5.73 Å². The molecule has 27 heavy (non-hydrogen) atoms. The van der Waals surface area contributed by atoms with Gasteiger partial charge in [-0.3, -0.25) is 4.79 Å². The molecule has 0 bridgehead atoms. The highest BCUT2D eigenvalue weighted by Gasteiger charge is 2.13. The van der Waals surface area contributed by atoms with Gasteiger partial charge < -0.3 is 10.5 Å². The third-order valence-electron chi connectivity index (χ3n) is 4.15. The van der Waals surface area contributed by atoms with E-state index in [0.29, 0.717) is 5.82 Å². The largest absolute Gasteiger partial charge is 0.457 e. The maximum atomic E-state index is 10.6. The number of rotatable bonds is 5. The molecule has 2 aromatic heterocycles. The number of nitrogens with two attached hydrogens (primary N) is 1. The first-order chi connectivity index (χ1) is 13.3. The van der Waals surface area contributed by atoms with E-state index in [0.717, 1.165) is 44.6 Å². The number of thiophene rings is 1. The van der Waals surface area contributed by atoms with E-state index in [2.05, 4.69) is 10.4 Å². The van der Waals surface area contributed by atoms with Gasteiger partial charge in [0, 0.05) is 27.4 Å². The molecule has 2 N–H and O–H groups in total. The first kappa shape index (κ1) is 17.0. The van der Waals surface area contributed by atoms with Gasteiger partial charge in [0.05, 0.1) is 0 Å². The Morgan fingerprint density at radius 3 is 2.48 bits per heavy atom. The number of hydrogen-bond acceptors (Lipinski definition) is 5. The Morgan fingerprint density at radius 2 is 1.74 bits per heavy atom. The summed E-state index contributed by atoms with van der Waals surface area (Å²) in [7, 11) is 0. The van der Waals surface area contributed by atoms with Crippen LogP contribution in [-0.2, 0) is 4.79 Å². The molecule has 2 heterocycles. The van der Waals surface area contributed by atoms with E-state index >= 15 is 0 Å². The Kier molecular flexibility index (Phi) is 4.68. The molecule has 0 radical (unpaired) electrons. The van der Waals surface area contributed by atoms with Crippen molar-refractivity contribution in [3.63, 3.8) is 0 Å². The number of nitrogens with zero attached hydrogens (tertiary/aromatic N) is 1. The predicted octanol–water partition coefficient (Wildman–Crippen LogP) is 5.55. The summed E-state index contributed by atoms with van der Waals surface area (Å²) in [6.45, 7) is 0. The van der Waals surface area contributed by atoms with Crippen molar-refractivity contribution in [1.82, 2.24) is 4.98 Å². The van der Waals surface area contributed by atoms with Gasteiger partial charge in [0.1, 0.15) is 23.6 Å². The van der Waals surface area contributed by atoms with E-state index in [1.807, 2.05) is 54.6 Å². The minimum Gasteiger partial charge on any atom is -0.457 e. The molecule has 4 aromatic rings. The molecule has 0 aliphatic carbocycles. The lowest BCUT2D eigenvalue weighted by molar-refractivity contribution is -0.104. The zero-order chi connectivity index (χ0) is 18.6. The van der Waals surface area contributed by atoms with Gasteiger partial charge in [0.2, 0.25) is 0 Å². The summed E-state index contributed by atoms with van der Waals surface area (Å²) in [6.07, 6.45) is 5.65. The lowest BCUT2D eigenvalue weighted by atomic mass is 10.0. The Hall–Kier alpha value is -3.44. The van der Waals surface area contributed by atoms with E-state index in [1.165, 1.54) is 6.08 Å². The zero-order valence-corrected chi connectivity index (χ0v) is 15.1. The first-order valence-electron chi connectivity index (χ1n) is 8.37. The summed E-state index contributed by atoms with van der Waals surface area (Å²) in [6, 6.07) is 17.6. The molecule has 4 nitrogen and oxygen atoms in total. The molecule has 0 aliphatic heterocycles. The van der Waals surface area contributed by atoms with Crippen LogP contribution in [0.2, 0.25) is 0 Å². The van der Waals surface area contributed by atoms with Crippen molar-refractivity contribution in [1.29, 1.82) is 0 Å². The minimum absolute atomic E-state index is 0.481. The van der Waals surface area contributed by atoms with Gasteiger partial charge in [-0.15, -0.1) is 11.3 Å². The summed E-state index contributed by atoms with van der Waals surface area (Å²) in [5.74, 6) is 2.05. The van der Waals surface area contributed by atoms with Crippen molar-refractivity contribution < 1.29 is 9.53 Å². The summed E-state index contributed by atoms with van der Waals surface area (Å²) in [4.78, 5) is 14.9. The number of aldehydes is 1. The van der Waals surface area contributed by atoms with Crippen molar-refractivity contribution in [2.45, 2.75) is 0 Å². The fourth-order valence-electron chi connectivity index (χ4n) is 2.89. The molecular weight excluding hydrogens is 356 g/mol. The van der Waals surface area contributed by atoms with Crippen LogP contribution < -0.4 is 10.5 Å². The number of pyridine rings is 1. The van der Waals surface area contributed by atoms with Gasteiger partial charge >= 0.3 is 0 Å². The molecule has 0 fully saturated rings. The number of nitrogen functional groups attached to an aromatic ring is 1. The number of carbonyl (C=O) groups is 1. The number of aromatic nitrogens is 1. The first-order valence-corrected chi connectivity index (χ1v) is 9.25. The number of benzene rings is 2. The molecule has 2 aromatic carbocycles. The van der Waals surface area contributed by atoms with Gasteiger partial charge in [0.25, 0.3) is 0 Å². The molecule has 132 valence electrons. The van der Waals surface area contributed by atoms with Gasteiger partial charge in [-0.25, -0.2) is 4.98 Å². The van der Waals surface area contributed by atoms with Crippen LogP contribution in [0, 0.1) is 0 Å². The topological polar surface area (TPSA) is 65.2 Å². The minimum atomic E-state index is 0.481. The second-order valence-electron chi connectivity index (χ2n) is 5.89. The molecule has 5 heteroatoms. The average molecular weight is 372 g/mol. The molecule has 0 saturated heterocycles. The van der Waals surface area contributed by atoms with E-state index in [9.17, 15) is 4.79 Å². The summed E-state index contributed by atoms with van der Waals surface area (Å²) >= 11 is 1.59. The maximum Gasteiger partial charge on any atom is 0.142 e. The highest BCUT2D eigenvalue weighted by Crippen LogP contribution is 2.39. The Bertz CT molecular complexity index is 1120. The van der Waals surface area contributed by atoms with Crippen LogP contribution in [0.25, 0.3) is 27.3 Å². The van der Waals surface area contributed by atoms with Crippen LogP contribution in [0.1, 0.15) is 5.56 Å². The van der Waals surface area contributed by atoms with Crippen molar-refractivity contribution >= 4 is 39.6 Å². The van der Waals surface area contributed by atoms with Crippen molar-refractivity contribution in [3.05, 3.63) is 77.8 Å². The highest BCUT2D eigenvalue weighted by molar-refractivity contribution is 7.18. The van der Waals surface area contributed by atoms with Gasteiger partial charge in [-0.05, 0) is 47.4 Å². The second kappa shape index (κ2) is 7.43. The number of allylic oxidation sites excluding steroid dienone is 1. The summed E-state index contributed by atoms with van der Waals surface area (Å²) in [5.41, 5.74) is 9.08. The monoisotopic (exact) mass is 372 g/mol. The smallest absolute Gasteiger partial charge is 0.142 e. The molecule has 0 amide bonds. The standard InChI is InChI=1S/C22H16N2O2S/c23-22-20-19(14-27-21(20)16(13-24-22)5-4-12-25)15-8-10-18(11-9-15)26-17-6-2-1-3-7-17/h1-14H,(H2,23,24). The average Bonchev–Trinajstić information content (AvgIpc) is 3.15. The zero-order valence-electron chi connectivity index (χ0n) is 14.3. The molecule has 0 spiro atoms. The van der Waals surface area contributed by atoms with Gasteiger partial charge in [0.15, 0.2) is 0 Å². The second-order valence-corrected chi connectivity index (χ2v) is 6.77. The molecule has 0 aliphatic rings. The predicted molar refractivity (Wildman–Crippen MR) is 111 cm³/mol. The Labute approximate surface area is 160 Å². The number of ether oxygens (including phenoxy) is 1. The quantitative estimate of drug-likeness (QED) is 0.368. The fraction of sp³-hybridized carbons (Fsp3) is 0.